The Kier molecular flexibility index (Phi) is 4.77. The van der Waals surface area contributed by atoms with E-state index in [4.69, 9.17) is 0 Å². The maximum atomic E-state index is 12.2. The number of hydrogen-bond acceptors (Lipinski definition) is 2. The van der Waals surface area contributed by atoms with Crippen molar-refractivity contribution in [2.45, 2.75) is 13.5 Å². The molecule has 1 heterocycles. The molecule has 4 rings (SSSR count). The molecule has 0 aliphatic heterocycles. The van der Waals surface area contributed by atoms with E-state index in [1.165, 1.54) is 21.8 Å². The highest BCUT2D eigenvalue weighted by molar-refractivity contribution is 9.10. The molecule has 0 radical (unpaired) electrons. The summed E-state index contributed by atoms with van der Waals surface area (Å²) in [6.07, 6.45) is 1.67. The second-order valence-corrected chi connectivity index (χ2v) is 7.16. The van der Waals surface area contributed by atoms with Crippen LogP contribution in [0.1, 0.15) is 22.8 Å². The van der Waals surface area contributed by atoms with Crippen molar-refractivity contribution in [2.75, 3.05) is 0 Å². The van der Waals surface area contributed by atoms with E-state index in [1.54, 1.807) is 18.3 Å². The van der Waals surface area contributed by atoms with Gasteiger partial charge in [0.25, 0.3) is 5.91 Å². The lowest BCUT2D eigenvalue weighted by Gasteiger charge is -2.03. The Hall–Kier alpha value is -2.92. The fraction of sp³-hybridized carbons (Fsp3) is 0.0909. The Balaban J connectivity index is 1.62. The maximum absolute atomic E-state index is 12.2. The molecular weight excluding hydrogens is 402 g/mol. The fourth-order valence-electron chi connectivity index (χ4n) is 3.35. The SMILES string of the molecule is CCn1c2ccccc2c2cc(/C=N/NC(=O)c3cccc(Br)c3)ccc21. The fourth-order valence-corrected chi connectivity index (χ4v) is 3.75. The van der Waals surface area contributed by atoms with Crippen molar-refractivity contribution in [3.8, 4) is 0 Å². The zero-order valence-electron chi connectivity index (χ0n) is 14.8. The molecule has 134 valence electrons. The number of carbonyl (C=O) groups is 1. The Morgan fingerprint density at radius 3 is 2.67 bits per heavy atom. The number of rotatable bonds is 4. The Morgan fingerprint density at radius 2 is 1.85 bits per heavy atom. The summed E-state index contributed by atoms with van der Waals surface area (Å²) in [5.74, 6) is -0.240. The van der Waals surface area contributed by atoms with Crippen LogP contribution < -0.4 is 5.43 Å². The van der Waals surface area contributed by atoms with Crippen LogP contribution in [0.4, 0.5) is 0 Å². The van der Waals surface area contributed by atoms with Crippen molar-refractivity contribution in [3.05, 3.63) is 82.3 Å². The smallest absolute Gasteiger partial charge is 0.271 e. The van der Waals surface area contributed by atoms with Gasteiger partial charge in [-0.2, -0.15) is 5.10 Å². The van der Waals surface area contributed by atoms with Crippen LogP contribution >= 0.6 is 15.9 Å². The van der Waals surface area contributed by atoms with Crippen LogP contribution in [0.2, 0.25) is 0 Å². The minimum atomic E-state index is -0.240. The van der Waals surface area contributed by atoms with Gasteiger partial charge in [-0.05, 0) is 48.9 Å². The molecule has 5 heteroatoms. The van der Waals surface area contributed by atoms with E-state index >= 15 is 0 Å². The molecule has 0 unspecified atom stereocenters. The highest BCUT2D eigenvalue weighted by atomic mass is 79.9. The molecule has 0 fully saturated rings. The lowest BCUT2D eigenvalue weighted by Crippen LogP contribution is -2.17. The minimum Gasteiger partial charge on any atom is -0.341 e. The molecule has 4 aromatic rings. The highest BCUT2D eigenvalue weighted by Crippen LogP contribution is 2.29. The second kappa shape index (κ2) is 7.37. The van der Waals surface area contributed by atoms with Gasteiger partial charge < -0.3 is 4.57 Å². The Morgan fingerprint density at radius 1 is 1.04 bits per heavy atom. The van der Waals surface area contributed by atoms with Crippen molar-refractivity contribution in [1.82, 2.24) is 9.99 Å². The largest absolute Gasteiger partial charge is 0.341 e. The average Bonchev–Trinajstić information content (AvgIpc) is 3.01. The molecule has 27 heavy (non-hydrogen) atoms. The molecule has 1 aromatic heterocycles. The zero-order chi connectivity index (χ0) is 18.8. The monoisotopic (exact) mass is 419 g/mol. The standard InChI is InChI=1S/C22H18BrN3O/c1-2-26-20-9-4-3-8-18(20)19-12-15(10-11-21(19)26)14-24-25-22(27)16-6-5-7-17(23)13-16/h3-14H,2H2,1H3,(H,25,27)/b24-14+. The van der Waals surface area contributed by atoms with Crippen LogP contribution in [0.3, 0.4) is 0 Å². The van der Waals surface area contributed by atoms with Gasteiger partial charge in [0, 0.05) is 38.4 Å². The third-order valence-electron chi connectivity index (χ3n) is 4.58. The number of halogens is 1. The van der Waals surface area contributed by atoms with Gasteiger partial charge in [-0.1, -0.05) is 46.3 Å². The number of nitrogens with zero attached hydrogens (tertiary/aromatic N) is 2. The third kappa shape index (κ3) is 3.38. The molecular formula is C22H18BrN3O. The van der Waals surface area contributed by atoms with E-state index < -0.39 is 0 Å². The first-order chi connectivity index (χ1) is 13.2. The first-order valence-electron chi connectivity index (χ1n) is 8.77. The van der Waals surface area contributed by atoms with Crippen molar-refractivity contribution >= 4 is 49.9 Å². The van der Waals surface area contributed by atoms with E-state index in [0.29, 0.717) is 5.56 Å². The molecule has 0 atom stereocenters. The predicted octanol–water partition coefficient (Wildman–Crippen LogP) is 5.34. The van der Waals surface area contributed by atoms with Crippen LogP contribution in [-0.2, 0) is 6.54 Å². The zero-order valence-corrected chi connectivity index (χ0v) is 16.4. The third-order valence-corrected chi connectivity index (χ3v) is 5.07. The number of nitrogens with one attached hydrogen (secondary N) is 1. The number of para-hydroxylation sites is 1. The number of hydrogen-bond donors (Lipinski definition) is 1. The quantitative estimate of drug-likeness (QED) is 0.352. The van der Waals surface area contributed by atoms with Crippen molar-refractivity contribution in [1.29, 1.82) is 0 Å². The van der Waals surface area contributed by atoms with E-state index in [0.717, 1.165) is 16.6 Å². The molecule has 0 saturated carbocycles. The van der Waals surface area contributed by atoms with Crippen LogP contribution in [0, 0.1) is 0 Å². The van der Waals surface area contributed by atoms with Gasteiger partial charge >= 0.3 is 0 Å². The van der Waals surface area contributed by atoms with Crippen LogP contribution in [-0.4, -0.2) is 16.7 Å². The summed E-state index contributed by atoms with van der Waals surface area (Å²) in [5.41, 5.74) is 6.51. The first kappa shape index (κ1) is 17.5. The van der Waals surface area contributed by atoms with E-state index in [1.807, 2.05) is 18.2 Å². The van der Waals surface area contributed by atoms with Crippen LogP contribution in [0.15, 0.2) is 76.3 Å². The number of aromatic nitrogens is 1. The summed E-state index contributed by atoms with van der Waals surface area (Å²) in [6.45, 7) is 3.07. The number of benzene rings is 3. The summed E-state index contributed by atoms with van der Waals surface area (Å²) in [4.78, 5) is 12.2. The van der Waals surface area contributed by atoms with Gasteiger partial charge in [0.2, 0.25) is 0 Å². The summed E-state index contributed by atoms with van der Waals surface area (Å²) in [7, 11) is 0. The molecule has 1 amide bonds. The highest BCUT2D eigenvalue weighted by Gasteiger charge is 2.09. The van der Waals surface area contributed by atoms with E-state index in [-0.39, 0.29) is 5.91 Å². The Bertz CT molecular complexity index is 1180. The normalized spacial score (nSPS) is 11.5. The first-order valence-corrected chi connectivity index (χ1v) is 9.56. The lowest BCUT2D eigenvalue weighted by atomic mass is 10.1. The second-order valence-electron chi connectivity index (χ2n) is 6.25. The molecule has 0 aliphatic carbocycles. The van der Waals surface area contributed by atoms with Gasteiger partial charge in [0.05, 0.1) is 6.21 Å². The summed E-state index contributed by atoms with van der Waals surface area (Å²) < 4.78 is 3.16. The number of fused-ring (bicyclic) bond motifs is 3. The minimum absolute atomic E-state index is 0.240. The number of carbonyl (C=O) groups excluding carboxylic acids is 1. The maximum Gasteiger partial charge on any atom is 0.271 e. The molecule has 0 aliphatic rings. The van der Waals surface area contributed by atoms with Crippen LogP contribution in [0.25, 0.3) is 21.8 Å². The van der Waals surface area contributed by atoms with Crippen molar-refractivity contribution < 1.29 is 4.79 Å². The molecule has 0 saturated heterocycles. The van der Waals surface area contributed by atoms with Gasteiger partial charge in [-0.25, -0.2) is 5.43 Å². The Labute approximate surface area is 165 Å². The van der Waals surface area contributed by atoms with Crippen LogP contribution in [0.5, 0.6) is 0 Å². The molecule has 0 bridgehead atoms. The molecule has 0 spiro atoms. The van der Waals surface area contributed by atoms with Gasteiger partial charge in [0.1, 0.15) is 0 Å². The lowest BCUT2D eigenvalue weighted by molar-refractivity contribution is 0.0955. The van der Waals surface area contributed by atoms with E-state index in [2.05, 4.69) is 74.3 Å². The van der Waals surface area contributed by atoms with Gasteiger partial charge in [0.15, 0.2) is 0 Å². The van der Waals surface area contributed by atoms with Gasteiger partial charge in [-0.3, -0.25) is 4.79 Å². The summed E-state index contributed by atoms with van der Waals surface area (Å²) in [5, 5.41) is 6.53. The van der Waals surface area contributed by atoms with Crippen molar-refractivity contribution in [3.63, 3.8) is 0 Å². The number of aryl methyl sites for hydroxylation is 1. The number of hydrazone groups is 1. The van der Waals surface area contributed by atoms with Gasteiger partial charge in [-0.15, -0.1) is 0 Å². The van der Waals surface area contributed by atoms with Crippen molar-refractivity contribution in [2.24, 2.45) is 5.10 Å². The topological polar surface area (TPSA) is 46.4 Å². The molecule has 4 nitrogen and oxygen atoms in total. The molecule has 1 N–H and O–H groups in total. The predicted molar refractivity (Wildman–Crippen MR) is 114 cm³/mol. The van der Waals surface area contributed by atoms with E-state index in [9.17, 15) is 4.79 Å². The number of amides is 1. The average molecular weight is 420 g/mol. The molecule has 3 aromatic carbocycles. The summed E-state index contributed by atoms with van der Waals surface area (Å²) >= 11 is 3.37. The summed E-state index contributed by atoms with van der Waals surface area (Å²) in [6, 6.07) is 21.8.